The Morgan fingerprint density at radius 1 is 1.48 bits per heavy atom. The standard InChI is InChI=1S/C17H24N2O2/c1-12(19-9-3-5-16(19)17(20)21)10-13-6-7-15-14(11-13)4-2-8-18-15/h6-7,11-12,16,18H,2-5,8-10H2,1H3,(H,20,21). The SMILES string of the molecule is CC(Cc1ccc2c(c1)CCCN2)N1CCCC1C(=O)O. The molecule has 1 saturated heterocycles. The highest BCUT2D eigenvalue weighted by atomic mass is 16.4. The highest BCUT2D eigenvalue weighted by molar-refractivity contribution is 5.73. The summed E-state index contributed by atoms with van der Waals surface area (Å²) in [6, 6.07) is 6.64. The smallest absolute Gasteiger partial charge is 0.320 e. The topological polar surface area (TPSA) is 52.6 Å². The monoisotopic (exact) mass is 288 g/mol. The van der Waals surface area contributed by atoms with Crippen molar-refractivity contribution in [2.75, 3.05) is 18.4 Å². The van der Waals surface area contributed by atoms with Crippen LogP contribution in [0.25, 0.3) is 0 Å². The first-order chi connectivity index (χ1) is 10.1. The van der Waals surface area contributed by atoms with E-state index in [4.69, 9.17) is 0 Å². The van der Waals surface area contributed by atoms with Crippen LogP contribution in [0.5, 0.6) is 0 Å². The molecule has 0 aliphatic carbocycles. The Morgan fingerprint density at radius 2 is 2.33 bits per heavy atom. The molecule has 4 heteroatoms. The van der Waals surface area contributed by atoms with Crippen molar-refractivity contribution in [1.29, 1.82) is 0 Å². The van der Waals surface area contributed by atoms with Crippen molar-refractivity contribution < 1.29 is 9.90 Å². The van der Waals surface area contributed by atoms with Crippen LogP contribution in [0.4, 0.5) is 5.69 Å². The van der Waals surface area contributed by atoms with Gasteiger partial charge in [0.25, 0.3) is 0 Å². The van der Waals surface area contributed by atoms with E-state index < -0.39 is 5.97 Å². The molecule has 2 aliphatic heterocycles. The second-order valence-corrected chi connectivity index (χ2v) is 6.31. The fraction of sp³-hybridized carbons (Fsp3) is 0.588. The normalized spacial score (nSPS) is 23.4. The van der Waals surface area contributed by atoms with Crippen LogP contribution in [0, 0.1) is 0 Å². The number of fused-ring (bicyclic) bond motifs is 1. The summed E-state index contributed by atoms with van der Waals surface area (Å²) in [5.41, 5.74) is 3.99. The minimum atomic E-state index is -0.672. The summed E-state index contributed by atoms with van der Waals surface area (Å²) >= 11 is 0. The zero-order chi connectivity index (χ0) is 14.8. The Hall–Kier alpha value is -1.55. The fourth-order valence-corrected chi connectivity index (χ4v) is 3.70. The molecular formula is C17H24N2O2. The molecule has 114 valence electrons. The number of nitrogens with zero attached hydrogens (tertiary/aromatic N) is 1. The van der Waals surface area contributed by atoms with Crippen LogP contribution in [0.3, 0.4) is 0 Å². The predicted octanol–water partition coefficient (Wildman–Crippen LogP) is 2.52. The lowest BCUT2D eigenvalue weighted by Gasteiger charge is -2.28. The second-order valence-electron chi connectivity index (χ2n) is 6.31. The lowest BCUT2D eigenvalue weighted by atomic mass is 9.97. The van der Waals surface area contributed by atoms with Gasteiger partial charge in [-0.1, -0.05) is 12.1 Å². The molecule has 3 rings (SSSR count). The Bertz CT molecular complexity index is 530. The van der Waals surface area contributed by atoms with Crippen molar-refractivity contribution in [3.8, 4) is 0 Å². The number of likely N-dealkylation sites (tertiary alicyclic amines) is 1. The number of hydrogen-bond acceptors (Lipinski definition) is 3. The van der Waals surface area contributed by atoms with Gasteiger partial charge < -0.3 is 10.4 Å². The van der Waals surface area contributed by atoms with Gasteiger partial charge in [0.15, 0.2) is 0 Å². The van der Waals surface area contributed by atoms with Gasteiger partial charge in [-0.25, -0.2) is 0 Å². The first kappa shape index (κ1) is 14.4. The zero-order valence-electron chi connectivity index (χ0n) is 12.6. The molecule has 2 aliphatic rings. The molecule has 0 radical (unpaired) electrons. The maximum atomic E-state index is 11.3. The number of hydrogen-bond donors (Lipinski definition) is 2. The third kappa shape index (κ3) is 3.05. The number of carboxylic acids is 1. The van der Waals surface area contributed by atoms with Gasteiger partial charge in [0.1, 0.15) is 6.04 Å². The molecule has 0 bridgehead atoms. The summed E-state index contributed by atoms with van der Waals surface area (Å²) in [6.07, 6.45) is 5.05. The number of aryl methyl sites for hydroxylation is 1. The summed E-state index contributed by atoms with van der Waals surface area (Å²) in [7, 11) is 0. The van der Waals surface area contributed by atoms with E-state index in [2.05, 4.69) is 35.3 Å². The van der Waals surface area contributed by atoms with Gasteiger partial charge in [-0.05, 0) is 62.8 Å². The average molecular weight is 288 g/mol. The van der Waals surface area contributed by atoms with Gasteiger partial charge in [0.2, 0.25) is 0 Å². The molecule has 1 aromatic carbocycles. The van der Waals surface area contributed by atoms with E-state index in [9.17, 15) is 9.90 Å². The fourth-order valence-electron chi connectivity index (χ4n) is 3.70. The maximum Gasteiger partial charge on any atom is 0.320 e. The molecule has 0 amide bonds. The third-order valence-corrected chi connectivity index (χ3v) is 4.78. The van der Waals surface area contributed by atoms with Crippen molar-refractivity contribution in [2.24, 2.45) is 0 Å². The second kappa shape index (κ2) is 6.06. The van der Waals surface area contributed by atoms with Crippen molar-refractivity contribution in [3.05, 3.63) is 29.3 Å². The summed E-state index contributed by atoms with van der Waals surface area (Å²) in [6.45, 7) is 4.13. The zero-order valence-corrected chi connectivity index (χ0v) is 12.6. The number of carboxylic acid groups (broad SMARTS) is 1. The van der Waals surface area contributed by atoms with E-state index in [-0.39, 0.29) is 12.1 Å². The maximum absolute atomic E-state index is 11.3. The Morgan fingerprint density at radius 3 is 3.14 bits per heavy atom. The van der Waals surface area contributed by atoms with Crippen LogP contribution in [-0.4, -0.2) is 41.1 Å². The third-order valence-electron chi connectivity index (χ3n) is 4.78. The molecule has 0 aromatic heterocycles. The molecule has 2 atom stereocenters. The van der Waals surface area contributed by atoms with Gasteiger partial charge in [-0.3, -0.25) is 9.69 Å². The largest absolute Gasteiger partial charge is 0.480 e. The van der Waals surface area contributed by atoms with Crippen LogP contribution in [-0.2, 0) is 17.6 Å². The number of rotatable bonds is 4. The van der Waals surface area contributed by atoms with Crippen molar-refractivity contribution in [2.45, 2.75) is 51.1 Å². The lowest BCUT2D eigenvalue weighted by molar-refractivity contribution is -0.142. The van der Waals surface area contributed by atoms with E-state index in [1.165, 1.54) is 23.2 Å². The molecule has 1 fully saturated rings. The Kier molecular flexibility index (Phi) is 4.15. The van der Waals surface area contributed by atoms with E-state index in [1.807, 2.05) is 0 Å². The van der Waals surface area contributed by atoms with Crippen LogP contribution in [0.15, 0.2) is 18.2 Å². The number of aliphatic carboxylic acids is 1. The van der Waals surface area contributed by atoms with Crippen molar-refractivity contribution in [1.82, 2.24) is 4.90 Å². The van der Waals surface area contributed by atoms with Crippen LogP contribution < -0.4 is 5.32 Å². The summed E-state index contributed by atoms with van der Waals surface area (Å²) in [4.78, 5) is 13.5. The molecule has 1 aromatic rings. The van der Waals surface area contributed by atoms with E-state index in [0.717, 1.165) is 38.8 Å². The Labute approximate surface area is 126 Å². The van der Waals surface area contributed by atoms with Gasteiger partial charge in [0, 0.05) is 18.3 Å². The van der Waals surface area contributed by atoms with Crippen LogP contribution >= 0.6 is 0 Å². The molecule has 2 unspecified atom stereocenters. The first-order valence-corrected chi connectivity index (χ1v) is 7.99. The van der Waals surface area contributed by atoms with Crippen LogP contribution in [0.1, 0.15) is 37.3 Å². The van der Waals surface area contributed by atoms with Crippen LogP contribution in [0.2, 0.25) is 0 Å². The van der Waals surface area contributed by atoms with Gasteiger partial charge >= 0.3 is 5.97 Å². The summed E-state index contributed by atoms with van der Waals surface area (Å²) in [5, 5.41) is 12.7. The van der Waals surface area contributed by atoms with E-state index in [0.29, 0.717) is 0 Å². The highest BCUT2D eigenvalue weighted by Crippen LogP contribution is 2.26. The molecule has 0 saturated carbocycles. The minimum Gasteiger partial charge on any atom is -0.480 e. The summed E-state index contributed by atoms with van der Waals surface area (Å²) in [5.74, 6) is -0.672. The Balaban J connectivity index is 1.69. The number of nitrogens with one attached hydrogen (secondary N) is 1. The number of carbonyl (C=O) groups is 1. The molecule has 2 N–H and O–H groups in total. The van der Waals surface area contributed by atoms with E-state index >= 15 is 0 Å². The molecule has 4 nitrogen and oxygen atoms in total. The molecule has 2 heterocycles. The average Bonchev–Trinajstić information content (AvgIpc) is 2.97. The highest BCUT2D eigenvalue weighted by Gasteiger charge is 2.33. The molecule has 0 spiro atoms. The minimum absolute atomic E-state index is 0.281. The van der Waals surface area contributed by atoms with Gasteiger partial charge in [-0.2, -0.15) is 0 Å². The van der Waals surface area contributed by atoms with E-state index in [1.54, 1.807) is 0 Å². The van der Waals surface area contributed by atoms with Crippen molar-refractivity contribution >= 4 is 11.7 Å². The molecule has 21 heavy (non-hydrogen) atoms. The summed E-state index contributed by atoms with van der Waals surface area (Å²) < 4.78 is 0. The lowest BCUT2D eigenvalue weighted by Crippen LogP contribution is -2.42. The van der Waals surface area contributed by atoms with Gasteiger partial charge in [-0.15, -0.1) is 0 Å². The quantitative estimate of drug-likeness (QED) is 0.894. The van der Waals surface area contributed by atoms with Gasteiger partial charge in [0.05, 0.1) is 0 Å². The predicted molar refractivity (Wildman–Crippen MR) is 83.8 cm³/mol. The number of benzene rings is 1. The number of anilines is 1. The molecular weight excluding hydrogens is 264 g/mol. The first-order valence-electron chi connectivity index (χ1n) is 7.99. The van der Waals surface area contributed by atoms with Crippen molar-refractivity contribution in [3.63, 3.8) is 0 Å².